The highest BCUT2D eigenvalue weighted by atomic mass is 32.2. The molecule has 1 amide bonds. The second-order valence-electron chi connectivity index (χ2n) is 7.09. The Morgan fingerprint density at radius 2 is 1.97 bits per heavy atom. The van der Waals surface area contributed by atoms with Crippen LogP contribution >= 0.6 is 11.8 Å². The smallest absolute Gasteiger partial charge is 0.289 e. The third-order valence-electron chi connectivity index (χ3n) is 4.98. The lowest BCUT2D eigenvalue weighted by Crippen LogP contribution is -2.37. The van der Waals surface area contributed by atoms with Gasteiger partial charge in [0.1, 0.15) is 11.6 Å². The largest absolute Gasteiger partial charge is 0.455 e. The third kappa shape index (κ3) is 5.09. The van der Waals surface area contributed by atoms with Crippen LogP contribution in [-0.4, -0.2) is 67.3 Å². The van der Waals surface area contributed by atoms with E-state index in [0.717, 1.165) is 56.3 Å². The molecule has 0 N–H and O–H groups in total. The molecule has 0 spiro atoms. The minimum absolute atomic E-state index is 0.0216. The Hall–Kier alpha value is -2.10. The monoisotopic (exact) mass is 418 g/mol. The van der Waals surface area contributed by atoms with Crippen LogP contribution in [0.1, 0.15) is 34.9 Å². The van der Waals surface area contributed by atoms with E-state index in [-0.39, 0.29) is 5.91 Å². The predicted octanol–water partition coefficient (Wildman–Crippen LogP) is 2.58. The van der Waals surface area contributed by atoms with Gasteiger partial charge in [-0.3, -0.25) is 4.79 Å². The van der Waals surface area contributed by atoms with Gasteiger partial charge in [-0.1, -0.05) is 11.8 Å². The van der Waals surface area contributed by atoms with Gasteiger partial charge in [-0.15, -0.1) is 0 Å². The van der Waals surface area contributed by atoms with Gasteiger partial charge >= 0.3 is 0 Å². The summed E-state index contributed by atoms with van der Waals surface area (Å²) in [5.74, 6) is 2.58. The summed E-state index contributed by atoms with van der Waals surface area (Å²) in [4.78, 5) is 25.8. The van der Waals surface area contributed by atoms with Crippen LogP contribution in [0, 0.1) is 0 Å². The SMILES string of the molecule is COCc1cc(N2CCOCC2)nc(SCc2ccc(C(=O)N3CCCC3)o2)n1. The molecule has 156 valence electrons. The summed E-state index contributed by atoms with van der Waals surface area (Å²) in [6, 6.07) is 5.59. The molecule has 0 aliphatic carbocycles. The lowest BCUT2D eigenvalue weighted by atomic mass is 10.3. The summed E-state index contributed by atoms with van der Waals surface area (Å²) in [6.45, 7) is 5.09. The normalized spacial score (nSPS) is 17.1. The average Bonchev–Trinajstić information content (AvgIpc) is 3.45. The average molecular weight is 419 g/mol. The van der Waals surface area contributed by atoms with E-state index in [9.17, 15) is 4.79 Å². The van der Waals surface area contributed by atoms with E-state index in [1.54, 1.807) is 13.2 Å². The van der Waals surface area contributed by atoms with Gasteiger partial charge in [0, 0.05) is 39.4 Å². The molecule has 0 aromatic carbocycles. The number of carbonyl (C=O) groups is 1. The number of rotatable bonds is 7. The number of hydrogen-bond acceptors (Lipinski definition) is 8. The van der Waals surface area contributed by atoms with E-state index >= 15 is 0 Å². The van der Waals surface area contributed by atoms with E-state index in [1.165, 1.54) is 11.8 Å². The Bertz CT molecular complexity index is 832. The summed E-state index contributed by atoms with van der Waals surface area (Å²) in [7, 11) is 1.66. The number of amides is 1. The number of nitrogens with zero attached hydrogens (tertiary/aromatic N) is 4. The first-order valence-corrected chi connectivity index (χ1v) is 10.9. The van der Waals surface area contributed by atoms with E-state index in [1.807, 2.05) is 17.0 Å². The van der Waals surface area contributed by atoms with Gasteiger partial charge in [-0.25, -0.2) is 9.97 Å². The highest BCUT2D eigenvalue weighted by Crippen LogP contribution is 2.25. The van der Waals surface area contributed by atoms with Crippen LogP contribution in [0.5, 0.6) is 0 Å². The third-order valence-corrected chi connectivity index (χ3v) is 5.85. The molecule has 0 radical (unpaired) electrons. The van der Waals surface area contributed by atoms with Crippen LogP contribution in [0.4, 0.5) is 5.82 Å². The molecule has 4 rings (SSSR count). The van der Waals surface area contributed by atoms with Crippen LogP contribution in [0.25, 0.3) is 0 Å². The van der Waals surface area contributed by atoms with Crippen molar-refractivity contribution in [2.75, 3.05) is 51.4 Å². The molecular weight excluding hydrogens is 392 g/mol. The van der Waals surface area contributed by atoms with E-state index < -0.39 is 0 Å². The van der Waals surface area contributed by atoms with Gasteiger partial charge in [-0.2, -0.15) is 0 Å². The number of hydrogen-bond donors (Lipinski definition) is 0. The summed E-state index contributed by atoms with van der Waals surface area (Å²) < 4.78 is 16.5. The standard InChI is InChI=1S/C20H26N4O4S/c1-26-13-15-12-18(23-8-10-27-11-9-23)22-20(21-15)29-14-16-4-5-17(28-16)19(25)24-6-2-3-7-24/h4-5,12H,2-3,6-11,13-14H2,1H3. The number of likely N-dealkylation sites (tertiary alicyclic amines) is 1. The molecule has 29 heavy (non-hydrogen) atoms. The van der Waals surface area contributed by atoms with Crippen LogP contribution < -0.4 is 4.90 Å². The molecule has 2 saturated heterocycles. The Balaban J connectivity index is 1.43. The topological polar surface area (TPSA) is 80.9 Å². The zero-order chi connectivity index (χ0) is 20.1. The van der Waals surface area contributed by atoms with Gasteiger partial charge in [0.2, 0.25) is 0 Å². The molecule has 2 aliphatic heterocycles. The molecule has 0 saturated carbocycles. The van der Waals surface area contributed by atoms with Gasteiger partial charge in [0.25, 0.3) is 5.91 Å². The Kier molecular flexibility index (Phi) is 6.68. The van der Waals surface area contributed by atoms with Crippen molar-refractivity contribution in [1.82, 2.24) is 14.9 Å². The van der Waals surface area contributed by atoms with Crippen molar-refractivity contribution < 1.29 is 18.7 Å². The Morgan fingerprint density at radius 1 is 1.17 bits per heavy atom. The minimum atomic E-state index is -0.0216. The second kappa shape index (κ2) is 9.60. The molecule has 0 bridgehead atoms. The first-order chi connectivity index (χ1) is 14.2. The quantitative estimate of drug-likeness (QED) is 0.501. The highest BCUT2D eigenvalue weighted by molar-refractivity contribution is 7.98. The first kappa shape index (κ1) is 20.2. The zero-order valence-electron chi connectivity index (χ0n) is 16.6. The number of carbonyl (C=O) groups excluding carboxylic acids is 1. The fraction of sp³-hybridized carbons (Fsp3) is 0.550. The van der Waals surface area contributed by atoms with Crippen molar-refractivity contribution in [3.63, 3.8) is 0 Å². The fourth-order valence-corrected chi connectivity index (χ4v) is 4.25. The van der Waals surface area contributed by atoms with Crippen molar-refractivity contribution in [3.05, 3.63) is 35.4 Å². The van der Waals surface area contributed by atoms with E-state index in [2.05, 4.69) is 9.88 Å². The molecule has 2 aromatic rings. The number of ether oxygens (including phenoxy) is 2. The lowest BCUT2D eigenvalue weighted by Gasteiger charge is -2.28. The maximum Gasteiger partial charge on any atom is 0.289 e. The van der Waals surface area contributed by atoms with Gasteiger partial charge in [0.15, 0.2) is 10.9 Å². The Labute approximate surface area is 174 Å². The summed E-state index contributed by atoms with van der Waals surface area (Å²) in [6.07, 6.45) is 2.13. The number of thioether (sulfide) groups is 1. The predicted molar refractivity (Wildman–Crippen MR) is 109 cm³/mol. The van der Waals surface area contributed by atoms with Gasteiger partial charge < -0.3 is 23.7 Å². The van der Waals surface area contributed by atoms with Crippen molar-refractivity contribution in [2.45, 2.75) is 30.4 Å². The van der Waals surface area contributed by atoms with Crippen molar-refractivity contribution in [1.29, 1.82) is 0 Å². The molecule has 2 aliphatic rings. The zero-order valence-corrected chi connectivity index (χ0v) is 17.4. The second-order valence-corrected chi connectivity index (χ2v) is 8.03. The molecular formula is C20H26N4O4S. The first-order valence-electron chi connectivity index (χ1n) is 9.93. The van der Waals surface area contributed by atoms with Gasteiger partial charge in [0.05, 0.1) is 31.3 Å². The lowest BCUT2D eigenvalue weighted by molar-refractivity contribution is 0.0759. The van der Waals surface area contributed by atoms with Crippen molar-refractivity contribution in [3.8, 4) is 0 Å². The number of morpholine rings is 1. The maximum absolute atomic E-state index is 12.4. The molecule has 4 heterocycles. The molecule has 2 aromatic heterocycles. The van der Waals surface area contributed by atoms with Crippen LogP contribution in [0.15, 0.2) is 27.8 Å². The number of aromatic nitrogens is 2. The summed E-state index contributed by atoms with van der Waals surface area (Å²) in [5, 5.41) is 0.671. The highest BCUT2D eigenvalue weighted by Gasteiger charge is 2.22. The molecule has 8 nitrogen and oxygen atoms in total. The van der Waals surface area contributed by atoms with E-state index in [0.29, 0.717) is 36.5 Å². The van der Waals surface area contributed by atoms with Crippen LogP contribution in [-0.2, 0) is 21.8 Å². The number of methoxy groups -OCH3 is 1. The maximum atomic E-state index is 12.4. The summed E-state index contributed by atoms with van der Waals surface area (Å²) in [5.41, 5.74) is 0.843. The van der Waals surface area contributed by atoms with Gasteiger partial charge in [-0.05, 0) is 25.0 Å². The van der Waals surface area contributed by atoms with Crippen LogP contribution in [0.3, 0.4) is 0 Å². The fourth-order valence-electron chi connectivity index (χ4n) is 3.48. The number of furan rings is 1. The molecule has 9 heteroatoms. The van der Waals surface area contributed by atoms with Crippen LogP contribution in [0.2, 0.25) is 0 Å². The molecule has 2 fully saturated rings. The van der Waals surface area contributed by atoms with Crippen molar-refractivity contribution in [2.24, 2.45) is 0 Å². The van der Waals surface area contributed by atoms with Crippen molar-refractivity contribution >= 4 is 23.5 Å². The molecule has 0 unspecified atom stereocenters. The number of anilines is 1. The minimum Gasteiger partial charge on any atom is -0.455 e. The Morgan fingerprint density at radius 3 is 2.72 bits per heavy atom. The summed E-state index contributed by atoms with van der Waals surface area (Å²) >= 11 is 1.49. The molecule has 0 atom stereocenters. The van der Waals surface area contributed by atoms with E-state index in [4.69, 9.17) is 18.9 Å².